The van der Waals surface area contributed by atoms with E-state index in [1.165, 1.54) is 6.92 Å². The molecule has 154 valence electrons. The zero-order chi connectivity index (χ0) is 20.3. The van der Waals surface area contributed by atoms with E-state index in [2.05, 4.69) is 6.58 Å². The third-order valence-electron chi connectivity index (χ3n) is 4.38. The Morgan fingerprint density at radius 1 is 1.07 bits per heavy atom. The third kappa shape index (κ3) is 5.01. The summed E-state index contributed by atoms with van der Waals surface area (Å²) in [5, 5.41) is 68.0. The van der Waals surface area contributed by atoms with Crippen molar-refractivity contribution in [3.63, 3.8) is 0 Å². The Kier molecular flexibility index (Phi) is 7.66. The van der Waals surface area contributed by atoms with E-state index in [1.54, 1.807) is 0 Å². The molecule has 0 aromatic heterocycles. The molecule has 2 heterocycles. The Morgan fingerprint density at radius 2 is 1.70 bits per heavy atom. The first kappa shape index (κ1) is 22.1. The average Bonchev–Trinajstić information content (AvgIpc) is 2.64. The highest BCUT2D eigenvalue weighted by molar-refractivity contribution is 5.10. The van der Waals surface area contributed by atoms with Crippen LogP contribution >= 0.6 is 0 Å². The second kappa shape index (κ2) is 9.35. The maximum Gasteiger partial charge on any atom is 0.188 e. The Morgan fingerprint density at radius 3 is 2.30 bits per heavy atom. The molecule has 11 nitrogen and oxygen atoms in total. The van der Waals surface area contributed by atoms with Crippen molar-refractivity contribution in [2.24, 2.45) is 0 Å². The molecule has 0 radical (unpaired) electrons. The molecule has 2 fully saturated rings. The number of hydrogen-bond acceptors (Lipinski definition) is 11. The van der Waals surface area contributed by atoms with E-state index in [4.69, 9.17) is 24.2 Å². The van der Waals surface area contributed by atoms with Gasteiger partial charge >= 0.3 is 0 Å². The molecule has 0 unspecified atom stereocenters. The van der Waals surface area contributed by atoms with Gasteiger partial charge in [0.2, 0.25) is 0 Å². The van der Waals surface area contributed by atoms with Gasteiger partial charge in [0, 0.05) is 0 Å². The molecule has 0 spiro atoms. The van der Waals surface area contributed by atoms with Crippen LogP contribution in [0.1, 0.15) is 6.92 Å². The van der Waals surface area contributed by atoms with Crippen molar-refractivity contribution in [2.45, 2.75) is 68.3 Å². The highest BCUT2D eigenvalue weighted by Gasteiger charge is 2.46. The maximum atomic E-state index is 10.1. The lowest BCUT2D eigenvalue weighted by molar-refractivity contribution is -0.323. The lowest BCUT2D eigenvalue weighted by Gasteiger charge is -2.41. The van der Waals surface area contributed by atoms with Crippen LogP contribution in [0, 0.1) is 11.3 Å². The van der Waals surface area contributed by atoms with Gasteiger partial charge in [0.05, 0.1) is 19.3 Å². The van der Waals surface area contributed by atoms with E-state index in [9.17, 15) is 30.6 Å². The summed E-state index contributed by atoms with van der Waals surface area (Å²) in [7, 11) is 0. The molecular weight excluding hydrogens is 366 g/mol. The van der Waals surface area contributed by atoms with E-state index >= 15 is 0 Å². The van der Waals surface area contributed by atoms with Crippen molar-refractivity contribution in [1.82, 2.24) is 0 Å². The Bertz CT molecular complexity index is 554. The summed E-state index contributed by atoms with van der Waals surface area (Å²) in [5.74, 6) is 0. The van der Waals surface area contributed by atoms with Gasteiger partial charge in [-0.2, -0.15) is 5.26 Å². The van der Waals surface area contributed by atoms with Crippen molar-refractivity contribution in [2.75, 3.05) is 13.2 Å². The average molecular weight is 391 g/mol. The zero-order valence-electron chi connectivity index (χ0n) is 14.7. The number of ether oxygens (including phenoxy) is 4. The minimum Gasteiger partial charge on any atom is -0.388 e. The molecule has 2 rings (SSSR count). The second-order valence-electron chi connectivity index (χ2n) is 6.59. The zero-order valence-corrected chi connectivity index (χ0v) is 14.7. The van der Waals surface area contributed by atoms with Gasteiger partial charge in [0.1, 0.15) is 42.7 Å². The second-order valence-corrected chi connectivity index (χ2v) is 6.59. The van der Waals surface area contributed by atoms with E-state index in [0.717, 1.165) is 0 Å². The van der Waals surface area contributed by atoms with Gasteiger partial charge in [0.15, 0.2) is 18.7 Å². The molecule has 27 heavy (non-hydrogen) atoms. The molecular formula is C16H25NO10. The summed E-state index contributed by atoms with van der Waals surface area (Å²) < 4.78 is 21.0. The lowest BCUT2D eigenvalue weighted by Crippen LogP contribution is -2.60. The van der Waals surface area contributed by atoms with Gasteiger partial charge in [-0.05, 0) is 12.5 Å². The van der Waals surface area contributed by atoms with E-state index in [0.29, 0.717) is 5.57 Å². The maximum absolute atomic E-state index is 10.1. The van der Waals surface area contributed by atoms with Crippen LogP contribution in [0.15, 0.2) is 12.2 Å². The molecule has 0 aromatic carbocycles. The molecule has 0 aliphatic carbocycles. The van der Waals surface area contributed by atoms with Crippen molar-refractivity contribution in [3.05, 3.63) is 12.2 Å². The minimum atomic E-state index is -1.65. The van der Waals surface area contributed by atoms with Crippen LogP contribution in [0.2, 0.25) is 0 Å². The number of nitriles is 1. The van der Waals surface area contributed by atoms with Gasteiger partial charge in [-0.1, -0.05) is 6.58 Å². The van der Waals surface area contributed by atoms with Crippen LogP contribution < -0.4 is 0 Å². The van der Waals surface area contributed by atoms with Gasteiger partial charge in [-0.15, -0.1) is 0 Å². The standard InChI is InChI=1S/C16H25NO10/c1-6(2)8(3-17)26-16-14(23)12(21)11(20)9(27-16)5-25-15-13(22)10(19)7(18)4-24-15/h7-16,18-23H,1,4-5H2,2H3/t7-,8+,9+,10-,11-,12-,13+,14+,15-,16+/m0/s1. The highest BCUT2D eigenvalue weighted by atomic mass is 16.7. The predicted molar refractivity (Wildman–Crippen MR) is 85.7 cm³/mol. The number of rotatable bonds is 6. The van der Waals surface area contributed by atoms with E-state index < -0.39 is 68.0 Å². The number of aliphatic hydroxyl groups is 6. The SMILES string of the molecule is C=C(C)[C@@H](C#N)O[C@@H]1O[C@H](CO[C@@H]2OC[C@H](O)[C@H](O)[C@H]2O)[C@H](O)[C@H](O)[C@H]1O. The molecule has 11 heteroatoms. The van der Waals surface area contributed by atoms with Crippen LogP contribution in [-0.2, 0) is 18.9 Å². The summed E-state index contributed by atoms with van der Waals surface area (Å²) >= 11 is 0. The topological polar surface area (TPSA) is 182 Å². The summed E-state index contributed by atoms with van der Waals surface area (Å²) in [6.45, 7) is 4.44. The van der Waals surface area contributed by atoms with Gasteiger partial charge in [0.25, 0.3) is 0 Å². The first-order valence-electron chi connectivity index (χ1n) is 8.35. The van der Waals surface area contributed by atoms with Crippen LogP contribution in [0.5, 0.6) is 0 Å². The van der Waals surface area contributed by atoms with E-state index in [-0.39, 0.29) is 6.61 Å². The molecule has 2 aliphatic heterocycles. The monoisotopic (exact) mass is 391 g/mol. The molecule has 0 aromatic rings. The predicted octanol–water partition coefficient (Wildman–Crippen LogP) is -3.27. The van der Waals surface area contributed by atoms with Crippen LogP contribution in [0.4, 0.5) is 0 Å². The largest absolute Gasteiger partial charge is 0.388 e. The third-order valence-corrected chi connectivity index (χ3v) is 4.38. The van der Waals surface area contributed by atoms with Crippen molar-refractivity contribution >= 4 is 0 Å². The van der Waals surface area contributed by atoms with Crippen LogP contribution in [0.25, 0.3) is 0 Å². The molecule has 6 N–H and O–H groups in total. The first-order valence-corrected chi connectivity index (χ1v) is 8.35. The smallest absolute Gasteiger partial charge is 0.188 e. The van der Waals surface area contributed by atoms with Crippen molar-refractivity contribution in [1.29, 1.82) is 5.26 Å². The van der Waals surface area contributed by atoms with Crippen molar-refractivity contribution < 1.29 is 49.6 Å². The van der Waals surface area contributed by atoms with Gasteiger partial charge in [-0.25, -0.2) is 0 Å². The summed E-state index contributed by atoms with van der Waals surface area (Å²) in [5.41, 5.74) is 0.355. The lowest BCUT2D eigenvalue weighted by atomic mass is 9.99. The van der Waals surface area contributed by atoms with Crippen LogP contribution in [0.3, 0.4) is 0 Å². The molecule has 0 amide bonds. The summed E-state index contributed by atoms with van der Waals surface area (Å²) in [4.78, 5) is 0. The normalized spacial score (nSPS) is 43.7. The Labute approximate surface area is 155 Å². The highest BCUT2D eigenvalue weighted by Crippen LogP contribution is 2.25. The summed E-state index contributed by atoms with van der Waals surface area (Å²) in [6, 6.07) is 1.82. The quantitative estimate of drug-likeness (QED) is 0.250. The fourth-order valence-corrected chi connectivity index (χ4v) is 2.67. The fourth-order valence-electron chi connectivity index (χ4n) is 2.67. The van der Waals surface area contributed by atoms with Crippen LogP contribution in [-0.4, -0.2) is 105 Å². The number of nitrogens with zero attached hydrogens (tertiary/aromatic N) is 1. The molecule has 10 atom stereocenters. The number of hydrogen-bond donors (Lipinski definition) is 6. The van der Waals surface area contributed by atoms with Crippen molar-refractivity contribution in [3.8, 4) is 6.07 Å². The van der Waals surface area contributed by atoms with Gasteiger partial charge in [-0.3, -0.25) is 0 Å². The molecule has 2 aliphatic rings. The number of aliphatic hydroxyl groups excluding tert-OH is 6. The molecule has 2 saturated heterocycles. The first-order chi connectivity index (χ1) is 12.7. The van der Waals surface area contributed by atoms with Gasteiger partial charge < -0.3 is 49.6 Å². The fraction of sp³-hybridized carbons (Fsp3) is 0.812. The van der Waals surface area contributed by atoms with E-state index in [1.807, 2.05) is 6.07 Å². The molecule has 0 saturated carbocycles. The Hall–Kier alpha value is -1.17. The minimum absolute atomic E-state index is 0.271. The summed E-state index contributed by atoms with van der Waals surface area (Å²) in [6.07, 6.45) is -14.1. The molecule has 0 bridgehead atoms. The Balaban J connectivity index is 1.99.